The quantitative estimate of drug-likeness (QED) is 0.786. The van der Waals surface area contributed by atoms with E-state index in [-0.39, 0.29) is 18.1 Å². The first kappa shape index (κ1) is 15.3. The standard InChI is InChI=1S/C15H20N2O4/c1-15(21)6-3-7-17(10-15)14(20)16-9-11-4-2-5-12(8-11)13(18)19/h2,4-5,8,21H,3,6-7,9-10H2,1H3,(H,16,20)(H,18,19). The fraction of sp³-hybridized carbons (Fsp3) is 0.467. The molecule has 0 spiro atoms. The molecule has 1 aromatic carbocycles. The van der Waals surface area contributed by atoms with Crippen LogP contribution >= 0.6 is 0 Å². The number of nitrogens with zero attached hydrogens (tertiary/aromatic N) is 1. The molecule has 114 valence electrons. The molecule has 0 aromatic heterocycles. The Kier molecular flexibility index (Phi) is 4.47. The predicted octanol–water partition coefficient (Wildman–Crippen LogP) is 1.44. The average Bonchev–Trinajstić information content (AvgIpc) is 2.44. The van der Waals surface area contributed by atoms with E-state index in [0.717, 1.165) is 12.0 Å². The van der Waals surface area contributed by atoms with E-state index in [1.54, 1.807) is 24.0 Å². The molecule has 1 unspecified atom stereocenters. The molecular formula is C15H20N2O4. The van der Waals surface area contributed by atoms with Crippen LogP contribution in [-0.4, -0.2) is 45.8 Å². The first-order valence-electron chi connectivity index (χ1n) is 6.95. The summed E-state index contributed by atoms with van der Waals surface area (Å²) in [5.41, 5.74) is 0.0911. The van der Waals surface area contributed by atoms with Gasteiger partial charge in [-0.2, -0.15) is 0 Å². The average molecular weight is 292 g/mol. The maximum Gasteiger partial charge on any atom is 0.335 e. The number of carboxylic acid groups (broad SMARTS) is 1. The summed E-state index contributed by atoms with van der Waals surface area (Å²) in [7, 11) is 0. The highest BCUT2D eigenvalue weighted by atomic mass is 16.4. The van der Waals surface area contributed by atoms with E-state index in [1.807, 2.05) is 0 Å². The van der Waals surface area contributed by atoms with Gasteiger partial charge < -0.3 is 20.4 Å². The zero-order valence-electron chi connectivity index (χ0n) is 12.0. The molecule has 21 heavy (non-hydrogen) atoms. The zero-order valence-corrected chi connectivity index (χ0v) is 12.0. The number of likely N-dealkylation sites (tertiary alicyclic amines) is 1. The lowest BCUT2D eigenvalue weighted by atomic mass is 9.95. The number of carbonyl (C=O) groups is 2. The normalized spacial score (nSPS) is 21.9. The number of aromatic carboxylic acids is 1. The third-order valence-electron chi connectivity index (χ3n) is 3.58. The van der Waals surface area contributed by atoms with Crippen LogP contribution in [0, 0.1) is 0 Å². The fourth-order valence-corrected chi connectivity index (χ4v) is 2.50. The van der Waals surface area contributed by atoms with Crippen molar-refractivity contribution in [1.29, 1.82) is 0 Å². The lowest BCUT2D eigenvalue weighted by Crippen LogP contribution is -2.51. The highest BCUT2D eigenvalue weighted by Gasteiger charge is 2.30. The molecule has 0 radical (unpaired) electrons. The van der Waals surface area contributed by atoms with Crippen molar-refractivity contribution >= 4 is 12.0 Å². The lowest BCUT2D eigenvalue weighted by Gasteiger charge is -2.36. The Morgan fingerprint density at radius 1 is 1.43 bits per heavy atom. The summed E-state index contributed by atoms with van der Waals surface area (Å²) in [5, 5.41) is 21.7. The Morgan fingerprint density at radius 2 is 2.19 bits per heavy atom. The van der Waals surface area contributed by atoms with Gasteiger partial charge in [0.2, 0.25) is 0 Å². The number of hydrogen-bond acceptors (Lipinski definition) is 3. The van der Waals surface area contributed by atoms with Crippen LogP contribution in [0.3, 0.4) is 0 Å². The fourth-order valence-electron chi connectivity index (χ4n) is 2.50. The van der Waals surface area contributed by atoms with Gasteiger partial charge in [-0.15, -0.1) is 0 Å². The largest absolute Gasteiger partial charge is 0.478 e. The Labute approximate surface area is 123 Å². The summed E-state index contributed by atoms with van der Waals surface area (Å²) in [6.45, 7) is 2.92. The van der Waals surface area contributed by atoms with Crippen LogP contribution in [0.15, 0.2) is 24.3 Å². The van der Waals surface area contributed by atoms with Crippen molar-refractivity contribution in [2.75, 3.05) is 13.1 Å². The molecule has 1 atom stereocenters. The first-order chi connectivity index (χ1) is 9.87. The number of nitrogens with one attached hydrogen (secondary N) is 1. The molecule has 6 heteroatoms. The molecule has 1 aromatic rings. The third kappa shape index (κ3) is 4.19. The van der Waals surface area contributed by atoms with Crippen molar-refractivity contribution in [3.63, 3.8) is 0 Å². The van der Waals surface area contributed by atoms with Gasteiger partial charge in [0.15, 0.2) is 0 Å². The minimum Gasteiger partial charge on any atom is -0.478 e. The molecule has 6 nitrogen and oxygen atoms in total. The van der Waals surface area contributed by atoms with Gasteiger partial charge in [0.1, 0.15) is 0 Å². The number of aliphatic hydroxyl groups is 1. The maximum absolute atomic E-state index is 12.1. The third-order valence-corrected chi connectivity index (χ3v) is 3.58. The van der Waals surface area contributed by atoms with Crippen LogP contribution in [0.25, 0.3) is 0 Å². The number of urea groups is 1. The Bertz CT molecular complexity index is 542. The minimum atomic E-state index is -0.991. The number of hydrogen-bond donors (Lipinski definition) is 3. The number of β-amino-alcohol motifs (C(OH)–C–C–N with tert-alkyl or cyclic N) is 1. The van der Waals surface area contributed by atoms with Crippen molar-refractivity contribution in [1.82, 2.24) is 10.2 Å². The minimum absolute atomic E-state index is 0.197. The molecule has 0 saturated carbocycles. The number of amides is 2. The molecule has 2 rings (SSSR count). The number of benzene rings is 1. The molecule has 1 fully saturated rings. The maximum atomic E-state index is 12.1. The van der Waals surface area contributed by atoms with Crippen LogP contribution in [0.4, 0.5) is 4.79 Å². The summed E-state index contributed by atoms with van der Waals surface area (Å²) >= 11 is 0. The molecule has 1 heterocycles. The van der Waals surface area contributed by atoms with Gasteiger partial charge in [-0.05, 0) is 37.5 Å². The highest BCUT2D eigenvalue weighted by molar-refractivity contribution is 5.87. The molecule has 1 aliphatic heterocycles. The molecule has 3 N–H and O–H groups in total. The molecule has 0 bridgehead atoms. The van der Waals surface area contributed by atoms with Gasteiger partial charge in [0, 0.05) is 13.1 Å². The van der Waals surface area contributed by atoms with Gasteiger partial charge in [0.05, 0.1) is 17.7 Å². The van der Waals surface area contributed by atoms with Crippen LogP contribution in [-0.2, 0) is 6.54 Å². The van der Waals surface area contributed by atoms with E-state index < -0.39 is 11.6 Å². The van der Waals surface area contributed by atoms with Crippen molar-refractivity contribution < 1.29 is 19.8 Å². The smallest absolute Gasteiger partial charge is 0.335 e. The van der Waals surface area contributed by atoms with Crippen molar-refractivity contribution in [3.05, 3.63) is 35.4 Å². The number of piperidine rings is 1. The van der Waals surface area contributed by atoms with E-state index in [4.69, 9.17) is 5.11 Å². The van der Waals surface area contributed by atoms with Crippen molar-refractivity contribution in [2.24, 2.45) is 0 Å². The van der Waals surface area contributed by atoms with E-state index in [2.05, 4.69) is 5.32 Å². The molecule has 1 aliphatic rings. The van der Waals surface area contributed by atoms with E-state index in [0.29, 0.717) is 19.5 Å². The molecular weight excluding hydrogens is 272 g/mol. The van der Waals surface area contributed by atoms with E-state index in [9.17, 15) is 14.7 Å². The summed E-state index contributed by atoms with van der Waals surface area (Å²) in [4.78, 5) is 24.5. The van der Waals surface area contributed by atoms with Gasteiger partial charge >= 0.3 is 12.0 Å². The Hall–Kier alpha value is -2.08. The van der Waals surface area contributed by atoms with Gasteiger partial charge in [0.25, 0.3) is 0 Å². The van der Waals surface area contributed by atoms with E-state index in [1.165, 1.54) is 12.1 Å². The number of rotatable bonds is 3. The monoisotopic (exact) mass is 292 g/mol. The van der Waals surface area contributed by atoms with Crippen molar-refractivity contribution in [2.45, 2.75) is 31.9 Å². The topological polar surface area (TPSA) is 89.9 Å². The van der Waals surface area contributed by atoms with E-state index >= 15 is 0 Å². The number of carbonyl (C=O) groups excluding carboxylic acids is 1. The molecule has 0 aliphatic carbocycles. The van der Waals surface area contributed by atoms with Crippen LogP contribution in [0.2, 0.25) is 0 Å². The van der Waals surface area contributed by atoms with Gasteiger partial charge in [-0.25, -0.2) is 9.59 Å². The first-order valence-corrected chi connectivity index (χ1v) is 6.95. The highest BCUT2D eigenvalue weighted by Crippen LogP contribution is 2.20. The second-order valence-electron chi connectivity index (χ2n) is 5.69. The second kappa shape index (κ2) is 6.13. The Morgan fingerprint density at radius 3 is 2.86 bits per heavy atom. The molecule has 1 saturated heterocycles. The summed E-state index contributed by atoms with van der Waals surface area (Å²) in [5.74, 6) is -0.991. The summed E-state index contributed by atoms with van der Waals surface area (Å²) in [6.07, 6.45) is 1.46. The van der Waals surface area contributed by atoms with Crippen LogP contribution < -0.4 is 5.32 Å². The summed E-state index contributed by atoms with van der Waals surface area (Å²) < 4.78 is 0. The van der Waals surface area contributed by atoms with Crippen LogP contribution in [0.1, 0.15) is 35.7 Å². The van der Waals surface area contributed by atoms with Gasteiger partial charge in [-0.1, -0.05) is 12.1 Å². The number of carboxylic acids is 1. The SMILES string of the molecule is CC1(O)CCCN(C(=O)NCc2cccc(C(=O)O)c2)C1. The van der Waals surface area contributed by atoms with Gasteiger partial charge in [-0.3, -0.25) is 0 Å². The predicted molar refractivity (Wildman–Crippen MR) is 77.1 cm³/mol. The summed E-state index contributed by atoms with van der Waals surface area (Å²) in [6, 6.07) is 6.22. The Balaban J connectivity index is 1.92. The zero-order chi connectivity index (χ0) is 15.5. The second-order valence-corrected chi connectivity index (χ2v) is 5.69. The van der Waals surface area contributed by atoms with Crippen molar-refractivity contribution in [3.8, 4) is 0 Å². The van der Waals surface area contributed by atoms with Crippen LogP contribution in [0.5, 0.6) is 0 Å². The molecule has 2 amide bonds. The lowest BCUT2D eigenvalue weighted by molar-refractivity contribution is -0.00253.